The number of hydrogen-bond acceptors (Lipinski definition) is 9. The van der Waals surface area contributed by atoms with E-state index in [4.69, 9.17) is 14.2 Å². The number of morpholine rings is 1. The van der Waals surface area contributed by atoms with Crippen LogP contribution in [0.5, 0.6) is 0 Å². The number of amides is 2. The summed E-state index contributed by atoms with van der Waals surface area (Å²) in [6.07, 6.45) is 0. The van der Waals surface area contributed by atoms with Gasteiger partial charge in [0.05, 0.1) is 44.8 Å². The number of thioether (sulfide) groups is 1. The number of ether oxygens (including phenoxy) is 3. The third kappa shape index (κ3) is 10.7. The van der Waals surface area contributed by atoms with Crippen molar-refractivity contribution in [1.82, 2.24) is 15.5 Å². The Kier molecular flexibility index (Phi) is 13.2. The molecule has 2 amide bonds. The number of rotatable bonds is 14. The second kappa shape index (κ2) is 15.8. The van der Waals surface area contributed by atoms with Gasteiger partial charge in [-0.05, 0) is 32.3 Å². The Bertz CT molecular complexity index is 921. The summed E-state index contributed by atoms with van der Waals surface area (Å²) in [6, 6.07) is 8.40. The van der Waals surface area contributed by atoms with Gasteiger partial charge in [-0.1, -0.05) is 55.9 Å². The molecule has 2 rings (SSSR count). The standard InChI is InChI=1S/C27H41N3O7S/c1-6-37-25(33)21(18-36-17-20-10-8-7-9-11-20)28-26(34)27(4,5)29-24(32)23(19(2)3)38-22(31)16-30-12-14-35-15-13-30/h7-11,19,21,23H,6,12-18H2,1-5H3,(H,28,34)(H,29,32)/t21-,23+/m0/s1. The van der Waals surface area contributed by atoms with Crippen LogP contribution in [-0.4, -0.2) is 90.7 Å². The van der Waals surface area contributed by atoms with E-state index in [0.29, 0.717) is 26.3 Å². The smallest absolute Gasteiger partial charge is 0.331 e. The largest absolute Gasteiger partial charge is 0.464 e. The summed E-state index contributed by atoms with van der Waals surface area (Å²) < 4.78 is 16.1. The lowest BCUT2D eigenvalue weighted by Crippen LogP contribution is -2.60. The van der Waals surface area contributed by atoms with Gasteiger partial charge in [0, 0.05) is 13.1 Å². The van der Waals surface area contributed by atoms with E-state index < -0.39 is 34.6 Å². The molecule has 0 aromatic heterocycles. The van der Waals surface area contributed by atoms with Crippen LogP contribution in [0.1, 0.15) is 40.2 Å². The molecule has 1 aliphatic heterocycles. The summed E-state index contributed by atoms with van der Waals surface area (Å²) in [5, 5.41) is 4.62. The quantitative estimate of drug-likeness (QED) is 0.333. The van der Waals surface area contributed by atoms with Crippen LogP contribution in [0.3, 0.4) is 0 Å². The first-order valence-corrected chi connectivity index (χ1v) is 13.8. The van der Waals surface area contributed by atoms with E-state index >= 15 is 0 Å². The Labute approximate surface area is 229 Å². The molecule has 1 aromatic carbocycles. The van der Waals surface area contributed by atoms with Gasteiger partial charge in [-0.15, -0.1) is 0 Å². The molecule has 2 N–H and O–H groups in total. The molecule has 1 aromatic rings. The summed E-state index contributed by atoms with van der Waals surface area (Å²) in [7, 11) is 0. The van der Waals surface area contributed by atoms with E-state index in [9.17, 15) is 19.2 Å². The number of carbonyl (C=O) groups excluding carboxylic acids is 4. The molecule has 1 saturated heterocycles. The molecule has 10 nitrogen and oxygen atoms in total. The Morgan fingerprint density at radius 3 is 2.37 bits per heavy atom. The van der Waals surface area contributed by atoms with Gasteiger partial charge < -0.3 is 24.8 Å². The fourth-order valence-corrected chi connectivity index (χ4v) is 4.65. The maximum Gasteiger partial charge on any atom is 0.331 e. The van der Waals surface area contributed by atoms with E-state index in [1.807, 2.05) is 49.1 Å². The molecule has 212 valence electrons. The molecule has 1 fully saturated rings. The van der Waals surface area contributed by atoms with Crippen LogP contribution in [0, 0.1) is 5.92 Å². The van der Waals surface area contributed by atoms with E-state index in [-0.39, 0.29) is 37.4 Å². The predicted molar refractivity (Wildman–Crippen MR) is 145 cm³/mol. The molecule has 0 bridgehead atoms. The molecular formula is C27H41N3O7S. The molecule has 0 radical (unpaired) electrons. The van der Waals surface area contributed by atoms with Gasteiger partial charge >= 0.3 is 5.97 Å². The second-order valence-corrected chi connectivity index (χ2v) is 11.1. The van der Waals surface area contributed by atoms with Crippen LogP contribution in [0.4, 0.5) is 0 Å². The molecule has 0 saturated carbocycles. The zero-order valence-electron chi connectivity index (χ0n) is 23.0. The normalized spacial score (nSPS) is 15.9. The van der Waals surface area contributed by atoms with Crippen molar-refractivity contribution in [3.63, 3.8) is 0 Å². The Balaban J connectivity index is 1.97. The monoisotopic (exact) mass is 551 g/mol. The topological polar surface area (TPSA) is 123 Å². The number of benzene rings is 1. The van der Waals surface area contributed by atoms with Crippen LogP contribution in [0.15, 0.2) is 30.3 Å². The van der Waals surface area contributed by atoms with Crippen LogP contribution in [0.2, 0.25) is 0 Å². The number of esters is 1. The first-order valence-electron chi connectivity index (χ1n) is 12.9. The summed E-state index contributed by atoms with van der Waals surface area (Å²) in [5.74, 6) is -1.76. The zero-order chi connectivity index (χ0) is 28.1. The van der Waals surface area contributed by atoms with Crippen molar-refractivity contribution in [2.45, 2.75) is 58.1 Å². The fraction of sp³-hybridized carbons (Fsp3) is 0.630. The van der Waals surface area contributed by atoms with Crippen molar-refractivity contribution < 1.29 is 33.4 Å². The summed E-state index contributed by atoms with van der Waals surface area (Å²) in [4.78, 5) is 53.5. The Hall–Kier alpha value is -2.47. The molecular weight excluding hydrogens is 510 g/mol. The molecule has 0 aliphatic carbocycles. The van der Waals surface area contributed by atoms with Gasteiger partial charge in [-0.25, -0.2) is 4.79 Å². The molecule has 1 aliphatic rings. The zero-order valence-corrected chi connectivity index (χ0v) is 23.8. The predicted octanol–water partition coefficient (Wildman–Crippen LogP) is 1.76. The Morgan fingerprint density at radius 2 is 1.76 bits per heavy atom. The number of hydrogen-bond donors (Lipinski definition) is 2. The maximum atomic E-state index is 13.2. The minimum Gasteiger partial charge on any atom is -0.464 e. The average molecular weight is 552 g/mol. The van der Waals surface area contributed by atoms with E-state index in [2.05, 4.69) is 10.6 Å². The minimum absolute atomic E-state index is 0.0932. The highest BCUT2D eigenvalue weighted by Crippen LogP contribution is 2.22. The van der Waals surface area contributed by atoms with Crippen molar-refractivity contribution >= 4 is 34.7 Å². The van der Waals surface area contributed by atoms with Crippen molar-refractivity contribution in [3.8, 4) is 0 Å². The first-order chi connectivity index (χ1) is 18.0. The third-order valence-corrected chi connectivity index (χ3v) is 7.26. The lowest BCUT2D eigenvalue weighted by Gasteiger charge is -2.30. The highest BCUT2D eigenvalue weighted by atomic mass is 32.2. The average Bonchev–Trinajstić information content (AvgIpc) is 2.87. The minimum atomic E-state index is -1.36. The number of nitrogens with zero attached hydrogens (tertiary/aromatic N) is 1. The fourth-order valence-electron chi connectivity index (χ4n) is 3.67. The molecule has 0 spiro atoms. The van der Waals surface area contributed by atoms with Crippen LogP contribution in [-0.2, 0) is 40.0 Å². The molecule has 0 unspecified atom stereocenters. The van der Waals surface area contributed by atoms with Gasteiger partial charge in [-0.3, -0.25) is 19.3 Å². The maximum absolute atomic E-state index is 13.2. The van der Waals surface area contributed by atoms with Crippen molar-refractivity contribution in [2.24, 2.45) is 5.92 Å². The van der Waals surface area contributed by atoms with Crippen LogP contribution in [0.25, 0.3) is 0 Å². The summed E-state index contributed by atoms with van der Waals surface area (Å²) >= 11 is 0.982. The van der Waals surface area contributed by atoms with Gasteiger partial charge in [-0.2, -0.15) is 0 Å². The lowest BCUT2D eigenvalue weighted by atomic mass is 10.0. The SMILES string of the molecule is CCOC(=O)[C@H](COCc1ccccc1)NC(=O)C(C)(C)NC(=O)[C@H](SC(=O)CN1CCOCC1)C(C)C. The van der Waals surface area contributed by atoms with Crippen molar-refractivity contribution in [2.75, 3.05) is 46.1 Å². The Morgan fingerprint density at radius 1 is 1.11 bits per heavy atom. The van der Waals surface area contributed by atoms with Gasteiger partial charge in [0.1, 0.15) is 5.54 Å². The summed E-state index contributed by atoms with van der Waals surface area (Å²) in [6.45, 7) is 11.5. The molecule has 1 heterocycles. The van der Waals surface area contributed by atoms with Crippen molar-refractivity contribution in [1.29, 1.82) is 0 Å². The van der Waals surface area contributed by atoms with Crippen LogP contribution < -0.4 is 10.6 Å². The lowest BCUT2D eigenvalue weighted by molar-refractivity contribution is -0.150. The van der Waals surface area contributed by atoms with Gasteiger partial charge in [0.25, 0.3) is 0 Å². The third-order valence-electron chi connectivity index (χ3n) is 5.85. The van der Waals surface area contributed by atoms with E-state index in [0.717, 1.165) is 17.3 Å². The number of carbonyl (C=O) groups is 4. The molecule has 11 heteroatoms. The van der Waals surface area contributed by atoms with Gasteiger partial charge in [0.15, 0.2) is 6.04 Å². The highest BCUT2D eigenvalue weighted by Gasteiger charge is 2.37. The summed E-state index contributed by atoms with van der Waals surface area (Å²) in [5.41, 5.74) is -0.434. The van der Waals surface area contributed by atoms with E-state index in [1.54, 1.807) is 20.8 Å². The molecule has 38 heavy (non-hydrogen) atoms. The second-order valence-electron chi connectivity index (χ2n) is 9.94. The van der Waals surface area contributed by atoms with Crippen LogP contribution >= 0.6 is 11.8 Å². The first kappa shape index (κ1) is 31.7. The molecule has 2 atom stereocenters. The van der Waals surface area contributed by atoms with Gasteiger partial charge in [0.2, 0.25) is 16.9 Å². The number of nitrogens with one attached hydrogen (secondary N) is 2. The van der Waals surface area contributed by atoms with Crippen molar-refractivity contribution in [3.05, 3.63) is 35.9 Å². The van der Waals surface area contributed by atoms with E-state index in [1.165, 1.54) is 0 Å². The highest BCUT2D eigenvalue weighted by molar-refractivity contribution is 8.14.